The minimum atomic E-state index is -0.809. The van der Waals surface area contributed by atoms with Gasteiger partial charge in [-0.1, -0.05) is 0 Å². The molecule has 0 saturated carbocycles. The molecule has 0 amide bonds. The molecule has 2 rings (SSSR count). The van der Waals surface area contributed by atoms with Crippen molar-refractivity contribution in [1.82, 2.24) is 14.6 Å². The molecule has 0 bridgehead atoms. The number of carbonyl (C=O) groups is 1. The molecule has 15 heavy (non-hydrogen) atoms. The maximum absolute atomic E-state index is 10.4. The number of hydrogen-bond donors (Lipinski definition) is 1. The van der Waals surface area contributed by atoms with E-state index in [1.165, 1.54) is 0 Å². The van der Waals surface area contributed by atoms with Crippen LogP contribution >= 0.6 is 0 Å². The standard InChI is InChI=1S/C10H11N3O2/c1-7-5-11-9-4-8(2-3-10(14)15)12-13(9)6-7/h4-6H,2-3H2,1H3,(H,14,15). The fourth-order valence-electron chi connectivity index (χ4n) is 1.38. The predicted octanol–water partition coefficient (Wildman–Crippen LogP) is 1.05. The second-order valence-electron chi connectivity index (χ2n) is 3.46. The fourth-order valence-corrected chi connectivity index (χ4v) is 1.38. The average molecular weight is 205 g/mol. The number of rotatable bonds is 3. The first kappa shape index (κ1) is 9.64. The number of aromatic nitrogens is 3. The van der Waals surface area contributed by atoms with Crippen molar-refractivity contribution in [1.29, 1.82) is 0 Å². The maximum atomic E-state index is 10.4. The van der Waals surface area contributed by atoms with E-state index in [0.717, 1.165) is 16.9 Å². The molecule has 2 aromatic heterocycles. The second-order valence-corrected chi connectivity index (χ2v) is 3.46. The Morgan fingerprint density at radius 1 is 1.60 bits per heavy atom. The molecule has 2 heterocycles. The van der Waals surface area contributed by atoms with Crippen LogP contribution in [0.2, 0.25) is 0 Å². The summed E-state index contributed by atoms with van der Waals surface area (Å²) in [6, 6.07) is 1.81. The Bertz CT molecular complexity index is 504. The van der Waals surface area contributed by atoms with Gasteiger partial charge in [-0.25, -0.2) is 9.50 Å². The number of fused-ring (bicyclic) bond motifs is 1. The lowest BCUT2D eigenvalue weighted by Crippen LogP contribution is -1.98. The molecule has 0 aromatic carbocycles. The van der Waals surface area contributed by atoms with Crippen molar-refractivity contribution in [3.63, 3.8) is 0 Å². The van der Waals surface area contributed by atoms with E-state index in [1.807, 2.05) is 19.2 Å². The molecular formula is C10H11N3O2. The summed E-state index contributed by atoms with van der Waals surface area (Å²) < 4.78 is 1.67. The zero-order valence-electron chi connectivity index (χ0n) is 8.34. The average Bonchev–Trinajstić information content (AvgIpc) is 2.56. The van der Waals surface area contributed by atoms with Crippen LogP contribution in [0.15, 0.2) is 18.5 Å². The molecule has 0 radical (unpaired) electrons. The quantitative estimate of drug-likeness (QED) is 0.813. The van der Waals surface area contributed by atoms with Crippen LogP contribution < -0.4 is 0 Å². The number of hydrogen-bond acceptors (Lipinski definition) is 3. The molecule has 0 fully saturated rings. The molecule has 0 atom stereocenters. The minimum Gasteiger partial charge on any atom is -0.481 e. The first-order valence-corrected chi connectivity index (χ1v) is 4.68. The van der Waals surface area contributed by atoms with E-state index in [2.05, 4.69) is 10.1 Å². The Labute approximate surface area is 86.4 Å². The lowest BCUT2D eigenvalue weighted by Gasteiger charge is -1.92. The first-order valence-electron chi connectivity index (χ1n) is 4.68. The van der Waals surface area contributed by atoms with Crippen LogP contribution in [-0.2, 0) is 11.2 Å². The van der Waals surface area contributed by atoms with E-state index >= 15 is 0 Å². The van der Waals surface area contributed by atoms with Gasteiger partial charge in [-0.3, -0.25) is 4.79 Å². The Balaban J connectivity index is 2.27. The summed E-state index contributed by atoms with van der Waals surface area (Å²) in [4.78, 5) is 14.6. The highest BCUT2D eigenvalue weighted by Gasteiger charge is 2.04. The third-order valence-corrected chi connectivity index (χ3v) is 2.09. The second kappa shape index (κ2) is 3.68. The summed E-state index contributed by atoms with van der Waals surface area (Å²) in [6.07, 6.45) is 4.17. The van der Waals surface area contributed by atoms with Crippen LogP contribution in [0.1, 0.15) is 17.7 Å². The van der Waals surface area contributed by atoms with Gasteiger partial charge in [0.1, 0.15) is 0 Å². The number of nitrogens with zero attached hydrogens (tertiary/aromatic N) is 3. The highest BCUT2D eigenvalue weighted by Crippen LogP contribution is 2.06. The summed E-state index contributed by atoms with van der Waals surface area (Å²) in [5.74, 6) is -0.809. The number of carboxylic acids is 1. The summed E-state index contributed by atoms with van der Waals surface area (Å²) >= 11 is 0. The van der Waals surface area contributed by atoms with Crippen molar-refractivity contribution in [2.75, 3.05) is 0 Å². The molecule has 5 nitrogen and oxygen atoms in total. The predicted molar refractivity (Wildman–Crippen MR) is 53.7 cm³/mol. The maximum Gasteiger partial charge on any atom is 0.303 e. The van der Waals surface area contributed by atoms with Gasteiger partial charge in [-0.15, -0.1) is 0 Å². The number of aliphatic carboxylic acids is 1. The van der Waals surface area contributed by atoms with Crippen LogP contribution in [-0.4, -0.2) is 25.7 Å². The SMILES string of the molecule is Cc1cnc2cc(CCC(=O)O)nn2c1. The number of aryl methyl sites for hydroxylation is 2. The largest absolute Gasteiger partial charge is 0.481 e. The molecule has 0 aliphatic carbocycles. The van der Waals surface area contributed by atoms with Gasteiger partial charge in [0.15, 0.2) is 5.65 Å². The van der Waals surface area contributed by atoms with Crippen molar-refractivity contribution in [2.24, 2.45) is 0 Å². The molecule has 0 spiro atoms. The Morgan fingerprint density at radius 2 is 2.40 bits per heavy atom. The van der Waals surface area contributed by atoms with Crippen LogP contribution in [0.4, 0.5) is 0 Å². The normalized spacial score (nSPS) is 10.7. The van der Waals surface area contributed by atoms with Gasteiger partial charge in [-0.05, 0) is 12.5 Å². The van der Waals surface area contributed by atoms with E-state index in [4.69, 9.17) is 5.11 Å². The van der Waals surface area contributed by atoms with E-state index in [-0.39, 0.29) is 6.42 Å². The molecule has 0 aliphatic heterocycles. The molecule has 0 saturated heterocycles. The zero-order chi connectivity index (χ0) is 10.8. The molecule has 1 N–H and O–H groups in total. The summed E-state index contributed by atoms with van der Waals surface area (Å²) in [5.41, 5.74) is 2.53. The van der Waals surface area contributed by atoms with Gasteiger partial charge < -0.3 is 5.11 Å². The van der Waals surface area contributed by atoms with Crippen LogP contribution in [0.5, 0.6) is 0 Å². The Morgan fingerprint density at radius 3 is 3.13 bits per heavy atom. The van der Waals surface area contributed by atoms with E-state index in [9.17, 15) is 4.79 Å². The van der Waals surface area contributed by atoms with E-state index < -0.39 is 5.97 Å². The Hall–Kier alpha value is -1.91. The van der Waals surface area contributed by atoms with Crippen molar-refractivity contribution in [3.8, 4) is 0 Å². The fraction of sp³-hybridized carbons (Fsp3) is 0.300. The highest BCUT2D eigenvalue weighted by molar-refractivity contribution is 5.67. The molecule has 0 unspecified atom stereocenters. The molecule has 0 aliphatic rings. The van der Waals surface area contributed by atoms with Crippen LogP contribution in [0, 0.1) is 6.92 Å². The molecule has 2 aromatic rings. The highest BCUT2D eigenvalue weighted by atomic mass is 16.4. The van der Waals surface area contributed by atoms with Crippen LogP contribution in [0.25, 0.3) is 5.65 Å². The molecule has 5 heteroatoms. The van der Waals surface area contributed by atoms with Crippen molar-refractivity contribution >= 4 is 11.6 Å². The number of carboxylic acid groups (broad SMARTS) is 1. The van der Waals surface area contributed by atoms with Gasteiger partial charge in [-0.2, -0.15) is 5.10 Å². The van der Waals surface area contributed by atoms with Gasteiger partial charge in [0.05, 0.1) is 12.1 Å². The third-order valence-electron chi connectivity index (χ3n) is 2.09. The summed E-state index contributed by atoms with van der Waals surface area (Å²) in [7, 11) is 0. The van der Waals surface area contributed by atoms with Gasteiger partial charge in [0, 0.05) is 24.9 Å². The monoisotopic (exact) mass is 205 g/mol. The van der Waals surface area contributed by atoms with E-state index in [0.29, 0.717) is 6.42 Å². The Kier molecular flexibility index (Phi) is 2.37. The summed E-state index contributed by atoms with van der Waals surface area (Å²) in [5, 5.41) is 12.8. The smallest absolute Gasteiger partial charge is 0.303 e. The molecular weight excluding hydrogens is 194 g/mol. The lowest BCUT2D eigenvalue weighted by atomic mass is 10.2. The molecule has 78 valence electrons. The van der Waals surface area contributed by atoms with Gasteiger partial charge in [0.25, 0.3) is 0 Å². The zero-order valence-corrected chi connectivity index (χ0v) is 8.34. The van der Waals surface area contributed by atoms with Crippen LogP contribution in [0.3, 0.4) is 0 Å². The first-order chi connectivity index (χ1) is 7.15. The topological polar surface area (TPSA) is 67.5 Å². The lowest BCUT2D eigenvalue weighted by molar-refractivity contribution is -0.136. The van der Waals surface area contributed by atoms with Crippen molar-refractivity contribution < 1.29 is 9.90 Å². The van der Waals surface area contributed by atoms with Crippen molar-refractivity contribution in [3.05, 3.63) is 29.7 Å². The van der Waals surface area contributed by atoms with Gasteiger partial charge in [0.2, 0.25) is 0 Å². The summed E-state index contributed by atoms with van der Waals surface area (Å²) in [6.45, 7) is 1.94. The minimum absolute atomic E-state index is 0.100. The van der Waals surface area contributed by atoms with Gasteiger partial charge >= 0.3 is 5.97 Å². The third kappa shape index (κ3) is 2.12. The van der Waals surface area contributed by atoms with Crippen molar-refractivity contribution in [2.45, 2.75) is 19.8 Å². The van der Waals surface area contributed by atoms with E-state index in [1.54, 1.807) is 10.7 Å².